The molecule has 0 spiro atoms. The predicted octanol–water partition coefficient (Wildman–Crippen LogP) is 6.02. The molecule has 150 valence electrons. The van der Waals surface area contributed by atoms with Gasteiger partial charge in [0.25, 0.3) is 0 Å². The number of phenols is 1. The highest BCUT2D eigenvalue weighted by atomic mass is 16.4. The topological polar surface area (TPSA) is 87.7 Å². The van der Waals surface area contributed by atoms with Gasteiger partial charge in [-0.2, -0.15) is 0 Å². The Hall–Kier alpha value is -3.60. The molecule has 0 atom stereocenters. The van der Waals surface area contributed by atoms with Crippen molar-refractivity contribution in [1.29, 1.82) is 0 Å². The van der Waals surface area contributed by atoms with E-state index in [4.69, 9.17) is 4.42 Å². The van der Waals surface area contributed by atoms with Crippen LogP contribution in [0.1, 0.15) is 38.1 Å². The summed E-state index contributed by atoms with van der Waals surface area (Å²) in [5.41, 5.74) is 2.10. The molecule has 5 heteroatoms. The second-order valence-corrected chi connectivity index (χ2v) is 5.67. The van der Waals surface area contributed by atoms with Gasteiger partial charge in [0.1, 0.15) is 17.1 Å². The maximum Gasteiger partial charge on any atom is 0.336 e. The summed E-state index contributed by atoms with van der Waals surface area (Å²) in [7, 11) is 0. The van der Waals surface area contributed by atoms with Gasteiger partial charge in [-0.15, -0.1) is 0 Å². The van der Waals surface area contributed by atoms with Gasteiger partial charge in [-0.25, -0.2) is 4.79 Å². The van der Waals surface area contributed by atoms with Gasteiger partial charge in [0.2, 0.25) is 0 Å². The number of rotatable bonds is 2. The summed E-state index contributed by atoms with van der Waals surface area (Å²) >= 11 is 0. The van der Waals surface area contributed by atoms with Crippen LogP contribution in [-0.4, -0.2) is 16.2 Å². The summed E-state index contributed by atoms with van der Waals surface area (Å²) < 4.78 is 5.76. The Bertz CT molecular complexity index is 1160. The first kappa shape index (κ1) is 21.7. The lowest BCUT2D eigenvalue weighted by atomic mass is 9.91. The molecule has 1 heterocycles. The molecule has 1 aliphatic carbocycles. The molecule has 1 aliphatic heterocycles. The molecule has 4 rings (SSSR count). The van der Waals surface area contributed by atoms with E-state index in [1.54, 1.807) is 30.3 Å². The van der Waals surface area contributed by atoms with Crippen LogP contribution >= 0.6 is 0 Å². The first-order valence-corrected chi connectivity index (χ1v) is 9.57. The van der Waals surface area contributed by atoms with Gasteiger partial charge in [0.15, 0.2) is 5.43 Å². The summed E-state index contributed by atoms with van der Waals surface area (Å²) in [5, 5.41) is 19.9. The molecule has 29 heavy (non-hydrogen) atoms. The number of aromatic hydroxyl groups is 1. The molecular weight excluding hydrogens is 368 g/mol. The summed E-state index contributed by atoms with van der Waals surface area (Å²) in [6.07, 6.45) is 0. The molecule has 0 aromatic heterocycles. The molecular formula is C24H24O5. The monoisotopic (exact) mass is 392 g/mol. The zero-order valence-electron chi connectivity index (χ0n) is 16.9. The molecule has 2 N–H and O–H groups in total. The van der Waals surface area contributed by atoms with E-state index in [0.29, 0.717) is 33.4 Å². The molecule has 0 amide bonds. The molecule has 0 radical (unpaired) electrons. The fourth-order valence-electron chi connectivity index (χ4n) is 3.04. The van der Waals surface area contributed by atoms with Crippen LogP contribution in [0, 0.1) is 0 Å². The van der Waals surface area contributed by atoms with E-state index in [9.17, 15) is 19.8 Å². The number of benzene rings is 3. The highest BCUT2D eigenvalue weighted by Crippen LogP contribution is 2.41. The minimum atomic E-state index is -1.04. The predicted molar refractivity (Wildman–Crippen MR) is 116 cm³/mol. The smallest absolute Gasteiger partial charge is 0.336 e. The third-order valence-corrected chi connectivity index (χ3v) is 4.10. The number of fused-ring (bicyclic) bond motifs is 2. The van der Waals surface area contributed by atoms with E-state index >= 15 is 0 Å². The summed E-state index contributed by atoms with van der Waals surface area (Å²) in [6, 6.07) is 15.7. The second-order valence-electron chi connectivity index (χ2n) is 5.67. The fraction of sp³-hybridized carbons (Fsp3) is 0.167. The first-order chi connectivity index (χ1) is 14.0. The van der Waals surface area contributed by atoms with Crippen LogP contribution in [-0.2, 0) is 0 Å². The van der Waals surface area contributed by atoms with Crippen molar-refractivity contribution in [2.24, 2.45) is 0 Å². The number of aromatic carboxylic acids is 1. The van der Waals surface area contributed by atoms with Gasteiger partial charge in [0.05, 0.1) is 5.56 Å². The molecule has 0 unspecified atom stereocenters. The average Bonchev–Trinajstić information content (AvgIpc) is 2.74. The quantitative estimate of drug-likeness (QED) is 0.407. The molecule has 2 aromatic rings. The van der Waals surface area contributed by atoms with E-state index in [1.165, 1.54) is 30.3 Å². The standard InChI is InChI=1S/C20H12O5.2C2H6/c21-11-5-7-15-17(9-11)25-18-10-12(22)6-8-16(18)19(15)13-3-1-2-4-14(13)20(23)24;2*1-2/h1-10,21H,(H,23,24);2*1-2H3. The number of hydrogen-bond acceptors (Lipinski definition) is 4. The number of phenolic OH excluding ortho intramolecular Hbond substituents is 1. The van der Waals surface area contributed by atoms with Crippen molar-refractivity contribution in [3.05, 3.63) is 76.5 Å². The largest absolute Gasteiger partial charge is 0.508 e. The van der Waals surface area contributed by atoms with Crippen LogP contribution in [0.4, 0.5) is 0 Å². The maximum absolute atomic E-state index is 11.7. The third kappa shape index (κ3) is 4.29. The molecule has 0 fully saturated rings. The Morgan fingerprint density at radius 3 is 2.24 bits per heavy atom. The van der Waals surface area contributed by atoms with Gasteiger partial charge in [-0.05, 0) is 35.9 Å². The van der Waals surface area contributed by atoms with Crippen molar-refractivity contribution in [2.75, 3.05) is 0 Å². The molecule has 0 bridgehead atoms. The van der Waals surface area contributed by atoms with Crippen LogP contribution in [0.5, 0.6) is 5.75 Å². The molecule has 2 aromatic carbocycles. The highest BCUT2D eigenvalue weighted by molar-refractivity contribution is 6.07. The number of carbonyl (C=O) groups is 1. The van der Waals surface area contributed by atoms with Crippen LogP contribution in [0.3, 0.4) is 0 Å². The van der Waals surface area contributed by atoms with E-state index in [0.717, 1.165) is 0 Å². The Morgan fingerprint density at radius 2 is 1.55 bits per heavy atom. The molecule has 0 saturated carbocycles. The Kier molecular flexibility index (Phi) is 7.15. The minimum absolute atomic E-state index is 0.0198. The normalized spacial score (nSPS) is 9.93. The Labute approximate surface area is 169 Å². The number of hydrogen-bond donors (Lipinski definition) is 2. The molecule has 5 nitrogen and oxygen atoms in total. The van der Waals surface area contributed by atoms with E-state index in [1.807, 2.05) is 27.7 Å². The lowest BCUT2D eigenvalue weighted by molar-refractivity contribution is 0.0697. The fourth-order valence-corrected chi connectivity index (χ4v) is 3.04. The summed E-state index contributed by atoms with van der Waals surface area (Å²) in [5.74, 6) is -0.691. The molecule has 2 aliphatic rings. The SMILES string of the molecule is CC.CC.O=C(O)c1ccccc1-c1c2ccc(=O)cc-2oc2cc(O)ccc12. The van der Waals surface area contributed by atoms with Gasteiger partial charge in [0, 0.05) is 28.6 Å². The summed E-state index contributed by atoms with van der Waals surface area (Å²) in [4.78, 5) is 23.4. The van der Waals surface area contributed by atoms with Crippen LogP contribution in [0.25, 0.3) is 33.4 Å². The lowest BCUT2D eigenvalue weighted by Gasteiger charge is -2.16. The van der Waals surface area contributed by atoms with Crippen molar-refractivity contribution in [3.63, 3.8) is 0 Å². The van der Waals surface area contributed by atoms with E-state index < -0.39 is 5.97 Å². The van der Waals surface area contributed by atoms with Gasteiger partial charge < -0.3 is 14.6 Å². The maximum atomic E-state index is 11.7. The third-order valence-electron chi connectivity index (χ3n) is 4.10. The van der Waals surface area contributed by atoms with Crippen molar-refractivity contribution in [3.8, 4) is 28.2 Å². The van der Waals surface area contributed by atoms with Crippen LogP contribution in [0.15, 0.2) is 69.9 Å². The zero-order chi connectivity index (χ0) is 21.6. The van der Waals surface area contributed by atoms with Crippen molar-refractivity contribution in [1.82, 2.24) is 0 Å². The minimum Gasteiger partial charge on any atom is -0.508 e. The van der Waals surface area contributed by atoms with Gasteiger partial charge >= 0.3 is 5.97 Å². The van der Waals surface area contributed by atoms with E-state index in [-0.39, 0.29) is 16.7 Å². The number of carboxylic acids is 1. The Morgan fingerprint density at radius 1 is 0.862 bits per heavy atom. The highest BCUT2D eigenvalue weighted by Gasteiger charge is 2.21. The van der Waals surface area contributed by atoms with E-state index in [2.05, 4.69) is 0 Å². The van der Waals surface area contributed by atoms with Gasteiger partial charge in [-0.3, -0.25) is 4.79 Å². The van der Waals surface area contributed by atoms with Gasteiger partial charge in [-0.1, -0.05) is 45.9 Å². The van der Waals surface area contributed by atoms with Crippen molar-refractivity contribution >= 4 is 16.9 Å². The van der Waals surface area contributed by atoms with Crippen molar-refractivity contribution in [2.45, 2.75) is 27.7 Å². The van der Waals surface area contributed by atoms with Crippen LogP contribution in [0.2, 0.25) is 0 Å². The first-order valence-electron chi connectivity index (χ1n) is 9.57. The molecule has 0 saturated heterocycles. The Balaban J connectivity index is 0.000000707. The zero-order valence-corrected chi connectivity index (χ0v) is 16.9. The second kappa shape index (κ2) is 9.55. The summed E-state index contributed by atoms with van der Waals surface area (Å²) in [6.45, 7) is 8.00. The average molecular weight is 392 g/mol. The van der Waals surface area contributed by atoms with Crippen LogP contribution < -0.4 is 5.43 Å². The number of carboxylic acid groups (broad SMARTS) is 1. The van der Waals surface area contributed by atoms with Crippen molar-refractivity contribution < 1.29 is 19.4 Å². The lowest BCUT2D eigenvalue weighted by Crippen LogP contribution is -2.03.